The average molecular weight is 1070 g/mol. The van der Waals surface area contributed by atoms with E-state index in [2.05, 4.69) is 57.2 Å². The molecule has 76 heavy (non-hydrogen) atoms. The number of allylic oxidation sites excluding steroid dienone is 6. The lowest BCUT2D eigenvalue weighted by molar-refractivity contribution is -0.167. The van der Waals surface area contributed by atoms with Crippen molar-refractivity contribution in [2.75, 3.05) is 13.2 Å². The molecule has 0 fully saturated rings. The summed E-state index contributed by atoms with van der Waals surface area (Å²) in [5.74, 6) is -0.854. The molecular weight excluding hydrogens is 937 g/mol. The number of rotatable bonds is 63. The Labute approximate surface area is 474 Å². The van der Waals surface area contributed by atoms with Crippen LogP contribution in [0.3, 0.4) is 0 Å². The summed E-state index contributed by atoms with van der Waals surface area (Å²) in [5, 5.41) is 0. The van der Waals surface area contributed by atoms with Crippen LogP contribution >= 0.6 is 0 Å². The van der Waals surface area contributed by atoms with Crippen molar-refractivity contribution >= 4 is 17.9 Å². The Balaban J connectivity index is 4.17. The number of carbonyl (C=O) groups excluding carboxylic acids is 3. The third-order valence-corrected chi connectivity index (χ3v) is 15.4. The molecule has 0 heterocycles. The molecule has 0 aliphatic rings. The number of esters is 3. The summed E-state index contributed by atoms with van der Waals surface area (Å²) >= 11 is 0. The van der Waals surface area contributed by atoms with E-state index >= 15 is 0 Å². The molecule has 6 nitrogen and oxygen atoms in total. The van der Waals surface area contributed by atoms with E-state index in [1.54, 1.807) is 0 Å². The quantitative estimate of drug-likeness (QED) is 0.0261. The van der Waals surface area contributed by atoms with Gasteiger partial charge < -0.3 is 14.2 Å². The van der Waals surface area contributed by atoms with Crippen LogP contribution in [0, 0.1) is 0 Å². The Morgan fingerprint density at radius 3 is 0.776 bits per heavy atom. The Bertz CT molecular complexity index is 1270. The van der Waals surface area contributed by atoms with Crippen LogP contribution in [0.1, 0.15) is 374 Å². The first-order valence-electron chi connectivity index (χ1n) is 34.0. The molecule has 1 unspecified atom stereocenters. The van der Waals surface area contributed by atoms with Gasteiger partial charge in [0.05, 0.1) is 0 Å². The van der Waals surface area contributed by atoms with E-state index in [-0.39, 0.29) is 31.1 Å². The van der Waals surface area contributed by atoms with Crippen molar-refractivity contribution in [3.63, 3.8) is 0 Å². The Hall–Kier alpha value is -2.37. The van der Waals surface area contributed by atoms with E-state index in [9.17, 15) is 14.4 Å². The molecule has 0 N–H and O–H groups in total. The van der Waals surface area contributed by atoms with Gasteiger partial charge in [-0.25, -0.2) is 0 Å². The maximum Gasteiger partial charge on any atom is 0.306 e. The highest BCUT2D eigenvalue weighted by Gasteiger charge is 2.19. The fourth-order valence-corrected chi connectivity index (χ4v) is 10.2. The number of unbranched alkanes of at least 4 members (excludes halogenated alkanes) is 46. The van der Waals surface area contributed by atoms with Crippen LogP contribution in [0.15, 0.2) is 36.5 Å². The van der Waals surface area contributed by atoms with E-state index in [0.29, 0.717) is 19.3 Å². The molecule has 0 aliphatic carbocycles. The highest BCUT2D eigenvalue weighted by Crippen LogP contribution is 2.18. The zero-order chi connectivity index (χ0) is 55.0. The van der Waals surface area contributed by atoms with E-state index in [1.165, 1.54) is 263 Å². The van der Waals surface area contributed by atoms with E-state index in [4.69, 9.17) is 14.2 Å². The fourth-order valence-electron chi connectivity index (χ4n) is 10.2. The first kappa shape index (κ1) is 73.6. The van der Waals surface area contributed by atoms with Crippen molar-refractivity contribution in [3.8, 4) is 0 Å². The molecule has 0 rings (SSSR count). The summed E-state index contributed by atoms with van der Waals surface area (Å²) < 4.78 is 16.9. The van der Waals surface area contributed by atoms with E-state index in [1.807, 2.05) is 0 Å². The molecule has 0 aromatic heterocycles. The van der Waals surface area contributed by atoms with Gasteiger partial charge in [-0.1, -0.05) is 320 Å². The zero-order valence-corrected chi connectivity index (χ0v) is 51.3. The Morgan fingerprint density at radius 1 is 0.263 bits per heavy atom. The van der Waals surface area contributed by atoms with Crippen molar-refractivity contribution in [1.82, 2.24) is 0 Å². The summed E-state index contributed by atoms with van der Waals surface area (Å²) in [6, 6.07) is 0. The van der Waals surface area contributed by atoms with Gasteiger partial charge in [0.1, 0.15) is 13.2 Å². The number of hydrogen-bond donors (Lipinski definition) is 0. The molecule has 6 heteroatoms. The molecule has 1 atom stereocenters. The normalized spacial score (nSPS) is 12.2. The van der Waals surface area contributed by atoms with Gasteiger partial charge in [0.25, 0.3) is 0 Å². The van der Waals surface area contributed by atoms with Crippen LogP contribution in [-0.4, -0.2) is 37.2 Å². The predicted molar refractivity (Wildman–Crippen MR) is 330 cm³/mol. The van der Waals surface area contributed by atoms with E-state index in [0.717, 1.165) is 70.6 Å². The maximum atomic E-state index is 12.9. The molecule has 0 spiro atoms. The summed E-state index contributed by atoms with van der Waals surface area (Å²) in [6.07, 6.45) is 80.3. The van der Waals surface area contributed by atoms with Gasteiger partial charge in [-0.15, -0.1) is 0 Å². The van der Waals surface area contributed by atoms with Gasteiger partial charge in [0.15, 0.2) is 6.10 Å². The second kappa shape index (κ2) is 65.2. The predicted octanol–water partition coefficient (Wildman–Crippen LogP) is 23.2. The fraction of sp³-hybridized carbons (Fsp3) is 0.871. The van der Waals surface area contributed by atoms with Crippen LogP contribution in [0.4, 0.5) is 0 Å². The highest BCUT2D eigenvalue weighted by atomic mass is 16.6. The first-order chi connectivity index (χ1) is 37.5. The second-order valence-corrected chi connectivity index (χ2v) is 23.1. The molecule has 0 bridgehead atoms. The molecule has 0 saturated heterocycles. The summed E-state index contributed by atoms with van der Waals surface area (Å²) in [4.78, 5) is 38.3. The van der Waals surface area contributed by atoms with Crippen molar-refractivity contribution in [2.45, 2.75) is 380 Å². The van der Waals surface area contributed by atoms with Crippen LogP contribution in [-0.2, 0) is 28.6 Å². The van der Waals surface area contributed by atoms with Gasteiger partial charge in [-0.3, -0.25) is 14.4 Å². The Kier molecular flexibility index (Phi) is 63.1. The zero-order valence-electron chi connectivity index (χ0n) is 51.3. The number of ether oxygens (including phenoxy) is 3. The minimum Gasteiger partial charge on any atom is -0.462 e. The maximum absolute atomic E-state index is 12.9. The van der Waals surface area contributed by atoms with Crippen molar-refractivity contribution in [1.29, 1.82) is 0 Å². The second-order valence-electron chi connectivity index (χ2n) is 23.1. The first-order valence-corrected chi connectivity index (χ1v) is 34.0. The van der Waals surface area contributed by atoms with Gasteiger partial charge in [0.2, 0.25) is 0 Å². The number of carbonyl (C=O) groups is 3. The van der Waals surface area contributed by atoms with Gasteiger partial charge >= 0.3 is 17.9 Å². The largest absolute Gasteiger partial charge is 0.462 e. The molecular formula is C70H130O6. The standard InChI is InChI=1S/C70H130O6/c1-4-7-10-13-16-19-22-24-26-28-30-32-33-34-35-36-37-38-40-41-43-45-48-51-54-57-60-63-69(72)75-66-67(65-74-68(71)62-59-56-53-50-47-21-18-15-12-9-6-3)76-70(73)64-61-58-55-52-49-46-44-42-39-31-29-27-25-23-20-17-14-11-8-5-2/h15,18,22,24,28,30,67H,4-14,16-17,19-21,23,25-27,29,31-66H2,1-3H3/b18-15-,24-22-,30-28-. The third-order valence-electron chi connectivity index (χ3n) is 15.4. The van der Waals surface area contributed by atoms with Crippen LogP contribution < -0.4 is 0 Å². The van der Waals surface area contributed by atoms with E-state index < -0.39 is 6.10 Å². The van der Waals surface area contributed by atoms with Crippen molar-refractivity contribution < 1.29 is 28.6 Å². The lowest BCUT2D eigenvalue weighted by atomic mass is 10.0. The monoisotopic (exact) mass is 1070 g/mol. The lowest BCUT2D eigenvalue weighted by Crippen LogP contribution is -2.30. The van der Waals surface area contributed by atoms with Gasteiger partial charge in [-0.05, 0) is 70.6 Å². The summed E-state index contributed by atoms with van der Waals surface area (Å²) in [5.41, 5.74) is 0. The molecule has 0 saturated carbocycles. The van der Waals surface area contributed by atoms with Crippen LogP contribution in [0.2, 0.25) is 0 Å². The lowest BCUT2D eigenvalue weighted by Gasteiger charge is -2.18. The molecule has 0 aliphatic heterocycles. The highest BCUT2D eigenvalue weighted by molar-refractivity contribution is 5.71. The summed E-state index contributed by atoms with van der Waals surface area (Å²) in [6.45, 7) is 6.65. The SMILES string of the molecule is CCCC/C=C\CCCCCCCC(=O)OCC(COC(=O)CCCCCCCCCCCCCCCCC/C=C\C/C=C\CCCCCCC)OC(=O)CCCCCCCCCCCCCCCCCCCCCC. The van der Waals surface area contributed by atoms with Crippen LogP contribution in [0.5, 0.6) is 0 Å². The van der Waals surface area contributed by atoms with Gasteiger partial charge in [0, 0.05) is 19.3 Å². The minimum atomic E-state index is -0.772. The topological polar surface area (TPSA) is 78.9 Å². The summed E-state index contributed by atoms with van der Waals surface area (Å²) in [7, 11) is 0. The smallest absolute Gasteiger partial charge is 0.306 e. The van der Waals surface area contributed by atoms with Crippen molar-refractivity contribution in [3.05, 3.63) is 36.5 Å². The molecule has 0 aromatic rings. The molecule has 0 amide bonds. The number of hydrogen-bond acceptors (Lipinski definition) is 6. The average Bonchev–Trinajstić information content (AvgIpc) is 3.42. The third kappa shape index (κ3) is 62.5. The van der Waals surface area contributed by atoms with Gasteiger partial charge in [-0.2, -0.15) is 0 Å². The van der Waals surface area contributed by atoms with Crippen LogP contribution in [0.25, 0.3) is 0 Å². The molecule has 0 aromatic carbocycles. The molecule has 446 valence electrons. The Morgan fingerprint density at radius 2 is 0.487 bits per heavy atom. The van der Waals surface area contributed by atoms with Crippen molar-refractivity contribution in [2.24, 2.45) is 0 Å². The molecule has 0 radical (unpaired) electrons. The minimum absolute atomic E-state index is 0.0698.